The number of aryl methyl sites for hydroxylation is 1. The summed E-state index contributed by atoms with van der Waals surface area (Å²) < 4.78 is 19.3. The highest BCUT2D eigenvalue weighted by molar-refractivity contribution is 6.21. The van der Waals surface area contributed by atoms with Crippen LogP contribution in [0, 0.1) is 11.7 Å². The SMILES string of the molecule is COc1ccc(CCC2CC[NH+]([C@@H]3CC(=O)N(c4ccccc4F)C3=O)CC2)cc1. The van der Waals surface area contributed by atoms with E-state index >= 15 is 0 Å². The largest absolute Gasteiger partial charge is 0.497 e. The van der Waals surface area contributed by atoms with Crippen molar-refractivity contribution in [3.05, 3.63) is 59.9 Å². The van der Waals surface area contributed by atoms with Crippen molar-refractivity contribution < 1.29 is 23.6 Å². The molecule has 1 N–H and O–H groups in total. The zero-order chi connectivity index (χ0) is 21.1. The first-order chi connectivity index (χ1) is 14.6. The van der Waals surface area contributed by atoms with Crippen LogP contribution in [0.5, 0.6) is 5.75 Å². The molecule has 0 aliphatic carbocycles. The Morgan fingerprint density at radius 2 is 1.77 bits per heavy atom. The summed E-state index contributed by atoms with van der Waals surface area (Å²) in [4.78, 5) is 27.6. The Bertz CT molecular complexity index is 907. The second-order valence-corrected chi connectivity index (χ2v) is 8.26. The molecule has 2 aromatic rings. The van der Waals surface area contributed by atoms with Gasteiger partial charge in [0.05, 0.1) is 32.3 Å². The zero-order valence-corrected chi connectivity index (χ0v) is 17.3. The molecule has 1 atom stereocenters. The van der Waals surface area contributed by atoms with E-state index in [0.717, 1.165) is 54.3 Å². The number of likely N-dealkylation sites (tertiary alicyclic amines) is 1. The topological polar surface area (TPSA) is 51.1 Å². The number of carbonyl (C=O) groups excluding carboxylic acids is 2. The number of nitrogens with one attached hydrogen (secondary N) is 1. The van der Waals surface area contributed by atoms with Crippen molar-refractivity contribution in [3.63, 3.8) is 0 Å². The number of piperidine rings is 1. The third kappa shape index (κ3) is 4.24. The number of nitrogens with zero attached hydrogens (tertiary/aromatic N) is 1. The molecule has 2 aliphatic heterocycles. The molecule has 30 heavy (non-hydrogen) atoms. The Kier molecular flexibility index (Phi) is 6.13. The maximum Gasteiger partial charge on any atom is 0.292 e. The van der Waals surface area contributed by atoms with Gasteiger partial charge in [0.1, 0.15) is 11.6 Å². The summed E-state index contributed by atoms with van der Waals surface area (Å²) in [5.74, 6) is 0.398. The van der Waals surface area contributed by atoms with Gasteiger partial charge in [-0.05, 0) is 61.4 Å². The maximum atomic E-state index is 14.1. The molecule has 4 rings (SSSR count). The third-order valence-electron chi connectivity index (χ3n) is 6.48. The first-order valence-corrected chi connectivity index (χ1v) is 10.7. The van der Waals surface area contributed by atoms with E-state index in [-0.39, 0.29) is 30.0 Å². The molecule has 2 aliphatic rings. The van der Waals surface area contributed by atoms with Crippen molar-refractivity contribution in [2.45, 2.75) is 38.1 Å². The number of methoxy groups -OCH3 is 1. The van der Waals surface area contributed by atoms with Gasteiger partial charge in [-0.1, -0.05) is 24.3 Å². The number of anilines is 1. The monoisotopic (exact) mass is 411 g/mol. The summed E-state index contributed by atoms with van der Waals surface area (Å²) >= 11 is 0. The maximum absolute atomic E-state index is 14.1. The molecule has 6 heteroatoms. The lowest BCUT2D eigenvalue weighted by atomic mass is 9.90. The lowest BCUT2D eigenvalue weighted by molar-refractivity contribution is -0.920. The van der Waals surface area contributed by atoms with Crippen molar-refractivity contribution in [1.29, 1.82) is 0 Å². The van der Waals surface area contributed by atoms with Crippen LogP contribution in [0.2, 0.25) is 0 Å². The predicted octanol–water partition coefficient (Wildman–Crippen LogP) is 2.39. The molecule has 0 aromatic heterocycles. The molecular formula is C24H28FN2O3+. The fraction of sp³-hybridized carbons (Fsp3) is 0.417. The summed E-state index contributed by atoms with van der Waals surface area (Å²) in [7, 11) is 1.67. The molecule has 0 radical (unpaired) electrons. The number of rotatable bonds is 6. The highest BCUT2D eigenvalue weighted by Gasteiger charge is 2.47. The first kappa shape index (κ1) is 20.5. The lowest BCUT2D eigenvalue weighted by Gasteiger charge is -2.32. The molecule has 2 amide bonds. The number of hydrogen-bond donors (Lipinski definition) is 1. The number of benzene rings is 2. The van der Waals surface area contributed by atoms with E-state index in [9.17, 15) is 14.0 Å². The molecule has 2 fully saturated rings. The predicted molar refractivity (Wildman–Crippen MR) is 112 cm³/mol. The summed E-state index contributed by atoms with van der Waals surface area (Å²) in [5, 5.41) is 0. The zero-order valence-electron chi connectivity index (χ0n) is 17.3. The van der Waals surface area contributed by atoms with Gasteiger partial charge in [0.15, 0.2) is 6.04 Å². The average Bonchev–Trinajstić information content (AvgIpc) is 3.07. The van der Waals surface area contributed by atoms with Crippen LogP contribution < -0.4 is 14.5 Å². The van der Waals surface area contributed by atoms with E-state index in [4.69, 9.17) is 4.74 Å². The van der Waals surface area contributed by atoms with Gasteiger partial charge in [0, 0.05) is 0 Å². The summed E-state index contributed by atoms with van der Waals surface area (Å²) in [6, 6.07) is 13.8. The standard InChI is InChI=1S/C24H27FN2O3/c1-30-19-10-8-17(9-11-19)6-7-18-12-14-26(15-13-18)22-16-23(28)27(24(22)29)21-5-3-2-4-20(21)25/h2-5,8-11,18,22H,6-7,12-16H2,1H3/p+1/t22-/m1/s1. The Morgan fingerprint density at radius 3 is 2.43 bits per heavy atom. The van der Waals surface area contributed by atoms with Crippen LogP contribution in [0.25, 0.3) is 0 Å². The van der Waals surface area contributed by atoms with Crippen molar-refractivity contribution in [3.8, 4) is 5.75 Å². The van der Waals surface area contributed by atoms with Crippen LogP contribution in [-0.2, 0) is 16.0 Å². The van der Waals surface area contributed by atoms with E-state index in [1.807, 2.05) is 12.1 Å². The van der Waals surface area contributed by atoms with Gasteiger partial charge in [0.25, 0.3) is 5.91 Å². The van der Waals surface area contributed by atoms with E-state index in [2.05, 4.69) is 12.1 Å². The number of quaternary nitrogens is 1. The Labute approximate surface area is 176 Å². The summed E-state index contributed by atoms with van der Waals surface area (Å²) in [6.45, 7) is 1.75. The molecule has 5 nitrogen and oxygen atoms in total. The van der Waals surface area contributed by atoms with Gasteiger partial charge in [-0.15, -0.1) is 0 Å². The van der Waals surface area contributed by atoms with Crippen LogP contribution in [0.15, 0.2) is 48.5 Å². The van der Waals surface area contributed by atoms with Crippen LogP contribution in [0.1, 0.15) is 31.2 Å². The van der Waals surface area contributed by atoms with E-state index < -0.39 is 5.82 Å². The van der Waals surface area contributed by atoms with Crippen LogP contribution in [0.4, 0.5) is 10.1 Å². The fourth-order valence-corrected chi connectivity index (χ4v) is 4.69. The number of hydrogen-bond acceptors (Lipinski definition) is 3. The molecular weight excluding hydrogens is 383 g/mol. The van der Waals surface area contributed by atoms with Crippen LogP contribution in [-0.4, -0.2) is 38.1 Å². The Morgan fingerprint density at radius 1 is 1.07 bits per heavy atom. The van der Waals surface area contributed by atoms with Crippen molar-refractivity contribution >= 4 is 17.5 Å². The Hall–Kier alpha value is -2.73. The minimum absolute atomic E-state index is 0.0729. The second kappa shape index (κ2) is 8.96. The minimum Gasteiger partial charge on any atom is -0.497 e. The third-order valence-corrected chi connectivity index (χ3v) is 6.48. The smallest absolute Gasteiger partial charge is 0.292 e. The highest BCUT2D eigenvalue weighted by atomic mass is 19.1. The molecule has 2 saturated heterocycles. The summed E-state index contributed by atoms with van der Waals surface area (Å²) in [5.41, 5.74) is 1.38. The van der Waals surface area contributed by atoms with E-state index in [1.165, 1.54) is 17.7 Å². The molecule has 0 unspecified atom stereocenters. The average molecular weight is 411 g/mol. The number of halogens is 1. The second-order valence-electron chi connectivity index (χ2n) is 8.26. The highest BCUT2D eigenvalue weighted by Crippen LogP contribution is 2.25. The number of ether oxygens (including phenoxy) is 1. The van der Waals surface area contributed by atoms with Crippen LogP contribution >= 0.6 is 0 Å². The minimum atomic E-state index is -0.535. The number of amides is 2. The quantitative estimate of drug-likeness (QED) is 0.743. The van der Waals surface area contributed by atoms with Crippen molar-refractivity contribution in [1.82, 2.24) is 0 Å². The Balaban J connectivity index is 1.31. The number of imide groups is 1. The molecule has 0 bridgehead atoms. The molecule has 158 valence electrons. The number of para-hydroxylation sites is 1. The van der Waals surface area contributed by atoms with E-state index in [0.29, 0.717) is 5.92 Å². The molecule has 0 spiro atoms. The number of carbonyl (C=O) groups is 2. The van der Waals surface area contributed by atoms with Crippen LogP contribution in [0.3, 0.4) is 0 Å². The lowest BCUT2D eigenvalue weighted by Crippen LogP contribution is -3.17. The van der Waals surface area contributed by atoms with Gasteiger partial charge >= 0.3 is 0 Å². The normalized spacial score (nSPS) is 24.3. The van der Waals surface area contributed by atoms with E-state index in [1.54, 1.807) is 19.2 Å². The molecule has 0 saturated carbocycles. The van der Waals surface area contributed by atoms with Gasteiger partial charge in [-0.25, -0.2) is 9.29 Å². The van der Waals surface area contributed by atoms with Gasteiger partial charge < -0.3 is 9.64 Å². The van der Waals surface area contributed by atoms with Crippen molar-refractivity contribution in [2.24, 2.45) is 5.92 Å². The summed E-state index contributed by atoms with van der Waals surface area (Å²) in [6.07, 6.45) is 4.41. The van der Waals surface area contributed by atoms with Crippen molar-refractivity contribution in [2.75, 3.05) is 25.1 Å². The fourth-order valence-electron chi connectivity index (χ4n) is 4.69. The first-order valence-electron chi connectivity index (χ1n) is 10.7. The molecule has 2 aromatic carbocycles. The van der Waals surface area contributed by atoms with Gasteiger partial charge in [-0.2, -0.15) is 0 Å². The van der Waals surface area contributed by atoms with Gasteiger partial charge in [-0.3, -0.25) is 9.59 Å². The molecule has 2 heterocycles. The van der Waals surface area contributed by atoms with Gasteiger partial charge in [0.2, 0.25) is 5.91 Å².